The van der Waals surface area contributed by atoms with Crippen molar-refractivity contribution in [3.05, 3.63) is 58.1 Å². The van der Waals surface area contributed by atoms with Crippen molar-refractivity contribution in [1.29, 1.82) is 0 Å². The lowest BCUT2D eigenvalue weighted by Gasteiger charge is -2.31. The van der Waals surface area contributed by atoms with Crippen LogP contribution < -0.4 is 15.1 Å². The van der Waals surface area contributed by atoms with E-state index in [1.807, 2.05) is 49.4 Å². The van der Waals surface area contributed by atoms with Crippen LogP contribution in [0, 0.1) is 5.92 Å². The van der Waals surface area contributed by atoms with Crippen molar-refractivity contribution in [2.75, 3.05) is 42.6 Å². The third-order valence-electron chi connectivity index (χ3n) is 9.88. The average Bonchev–Trinajstić information content (AvgIpc) is 3.64. The molecule has 1 spiro atoms. The number of aliphatic hydroxyl groups excluding tert-OH is 1. The Morgan fingerprint density at radius 1 is 1.18 bits per heavy atom. The van der Waals surface area contributed by atoms with Gasteiger partial charge in [-0.2, -0.15) is 0 Å². The van der Waals surface area contributed by atoms with Crippen molar-refractivity contribution < 1.29 is 28.3 Å². The lowest BCUT2D eigenvalue weighted by atomic mass is 9.82. The number of ether oxygens (including phenoxy) is 1. The molecule has 0 bridgehead atoms. The monoisotopic (exact) mass is 686 g/mol. The second-order valence-electron chi connectivity index (χ2n) is 13.0. The second-order valence-corrected chi connectivity index (χ2v) is 17.7. The van der Waals surface area contributed by atoms with Gasteiger partial charge in [0.2, 0.25) is 20.2 Å². The summed E-state index contributed by atoms with van der Waals surface area (Å²) in [6.45, 7) is 7.51. The number of carbonyl (C=O) groups is 3. The number of carbonyl (C=O) groups excluding carboxylic acids is 3. The Labute approximate surface area is 267 Å². The van der Waals surface area contributed by atoms with Crippen molar-refractivity contribution in [2.24, 2.45) is 5.92 Å². The first-order chi connectivity index (χ1) is 21.0. The van der Waals surface area contributed by atoms with Crippen LogP contribution in [0.4, 0.5) is 15.5 Å². The molecule has 0 radical (unpaired) electrons. The summed E-state index contributed by atoms with van der Waals surface area (Å²) in [7, 11) is -3.43. The van der Waals surface area contributed by atoms with E-state index in [1.165, 1.54) is 0 Å². The number of nitrogens with one attached hydrogen (secondary N) is 1. The van der Waals surface area contributed by atoms with E-state index in [0.29, 0.717) is 30.9 Å². The number of halogens is 2. The van der Waals surface area contributed by atoms with Gasteiger partial charge in [0, 0.05) is 46.8 Å². The van der Waals surface area contributed by atoms with Gasteiger partial charge in [-0.05, 0) is 61.8 Å². The molecule has 2 aromatic rings. The van der Waals surface area contributed by atoms with Crippen LogP contribution in [-0.2, 0) is 31.3 Å². The molecule has 0 unspecified atom stereocenters. The third kappa shape index (κ3) is 5.32. The van der Waals surface area contributed by atoms with Crippen LogP contribution in [-0.4, -0.2) is 81.1 Å². The maximum Gasteiger partial charge on any atom is 0.264 e. The fourth-order valence-electron chi connectivity index (χ4n) is 7.86. The largest absolute Gasteiger partial charge is 0.394 e. The highest BCUT2D eigenvalue weighted by atomic mass is 79.9. The van der Waals surface area contributed by atoms with Gasteiger partial charge in [-0.15, -0.1) is 0 Å². The molecule has 12 heteroatoms. The Bertz CT molecular complexity index is 1460. The van der Waals surface area contributed by atoms with Gasteiger partial charge in [0.25, 0.3) is 5.91 Å². The van der Waals surface area contributed by atoms with Crippen LogP contribution in [0.1, 0.15) is 37.3 Å². The first-order valence-corrected chi connectivity index (χ1v) is 19.2. The number of rotatable bonds is 7. The minimum absolute atomic E-state index is 0.0195. The van der Waals surface area contributed by atoms with Crippen LogP contribution in [0.5, 0.6) is 0 Å². The molecule has 3 saturated heterocycles. The molecule has 236 valence electrons. The van der Waals surface area contributed by atoms with Gasteiger partial charge in [0.1, 0.15) is 0 Å². The van der Waals surface area contributed by atoms with Crippen molar-refractivity contribution in [2.45, 2.75) is 69.1 Å². The molecule has 44 heavy (non-hydrogen) atoms. The van der Waals surface area contributed by atoms with E-state index in [9.17, 15) is 19.5 Å². The summed E-state index contributed by atoms with van der Waals surface area (Å²) >= 11 is 3.57. The maximum absolute atomic E-state index is 16.2. The number of amides is 3. The summed E-state index contributed by atoms with van der Waals surface area (Å²) in [6.07, 6.45) is 0.756. The fourth-order valence-corrected chi connectivity index (χ4v) is 10.7. The summed E-state index contributed by atoms with van der Waals surface area (Å²) in [4.78, 5) is 45.6. The molecular weight excluding hydrogens is 647 g/mol. The molecule has 0 saturated carbocycles. The minimum atomic E-state index is -3.43. The molecule has 2 aromatic carbocycles. The molecule has 4 aliphatic rings. The van der Waals surface area contributed by atoms with Gasteiger partial charge >= 0.3 is 0 Å². The van der Waals surface area contributed by atoms with E-state index >= 15 is 4.11 Å². The molecule has 6 rings (SSSR count). The number of nitrogens with zero attached hydrogens (tertiary/aromatic N) is 3. The molecule has 4 aliphatic heterocycles. The second kappa shape index (κ2) is 11.9. The Hall–Kier alpha value is -2.64. The predicted octanol–water partition coefficient (Wildman–Crippen LogP) is 4.08. The van der Waals surface area contributed by atoms with Gasteiger partial charge < -0.3 is 34.0 Å². The molecule has 3 amide bonds. The Balaban J connectivity index is 1.31. The zero-order chi connectivity index (χ0) is 31.4. The van der Waals surface area contributed by atoms with Gasteiger partial charge in [-0.1, -0.05) is 35.0 Å². The zero-order valence-corrected chi connectivity index (χ0v) is 28.0. The highest BCUT2D eigenvalue weighted by Crippen LogP contribution is 2.60. The molecule has 5 atom stereocenters. The quantitative estimate of drug-likeness (QED) is 0.336. The van der Waals surface area contributed by atoms with E-state index in [0.717, 1.165) is 35.1 Å². The van der Waals surface area contributed by atoms with E-state index in [1.54, 1.807) is 27.8 Å². The summed E-state index contributed by atoms with van der Waals surface area (Å²) in [6, 6.07) is 13.1. The Morgan fingerprint density at radius 3 is 2.61 bits per heavy atom. The number of anilines is 2. The Kier molecular flexibility index (Phi) is 8.51. The topological polar surface area (TPSA) is 102 Å². The fraction of sp³-hybridized carbons (Fsp3) is 0.531. The first kappa shape index (κ1) is 31.3. The van der Waals surface area contributed by atoms with E-state index < -0.39 is 31.6 Å². The molecule has 0 aromatic heterocycles. The first-order valence-electron chi connectivity index (χ1n) is 15.4. The minimum Gasteiger partial charge on any atom is -0.394 e. The smallest absolute Gasteiger partial charge is 0.264 e. The molecular formula is C32H40BrFN4O5Si. The van der Waals surface area contributed by atoms with E-state index in [-0.39, 0.29) is 43.3 Å². The van der Waals surface area contributed by atoms with Crippen molar-refractivity contribution in [3.63, 3.8) is 0 Å². The summed E-state index contributed by atoms with van der Waals surface area (Å²) in [5, 5.41) is 12.9. The SMILES string of the molecule is C[C@@H]1[C@@H]([Si](C)(C)F)[C@H](CC(=O)N2CCC[C@H]2CO)O[C@@]12C(=O)N(Cc1ccc(N3CCNCC3=O)cc1)c1ccc(Br)cc12. The van der Waals surface area contributed by atoms with Crippen LogP contribution >= 0.6 is 15.9 Å². The lowest BCUT2D eigenvalue weighted by molar-refractivity contribution is -0.150. The summed E-state index contributed by atoms with van der Waals surface area (Å²) in [5.74, 6) is -0.914. The average molecular weight is 688 g/mol. The predicted molar refractivity (Wildman–Crippen MR) is 171 cm³/mol. The van der Waals surface area contributed by atoms with E-state index in [4.69, 9.17) is 4.74 Å². The van der Waals surface area contributed by atoms with Crippen LogP contribution in [0.25, 0.3) is 0 Å². The summed E-state index contributed by atoms with van der Waals surface area (Å²) < 4.78 is 23.7. The van der Waals surface area contributed by atoms with Crippen molar-refractivity contribution in [1.82, 2.24) is 10.2 Å². The highest BCUT2D eigenvalue weighted by Gasteiger charge is 2.67. The number of aliphatic hydroxyl groups is 1. The van der Waals surface area contributed by atoms with Gasteiger partial charge in [0.05, 0.1) is 44.0 Å². The van der Waals surface area contributed by atoms with Crippen molar-refractivity contribution >= 4 is 53.4 Å². The lowest BCUT2D eigenvalue weighted by Crippen LogP contribution is -2.48. The zero-order valence-electron chi connectivity index (χ0n) is 25.4. The molecule has 2 N–H and O–H groups in total. The van der Waals surface area contributed by atoms with Gasteiger partial charge in [0.15, 0.2) is 5.60 Å². The number of fused-ring (bicyclic) bond motifs is 2. The molecule has 0 aliphatic carbocycles. The van der Waals surface area contributed by atoms with Gasteiger partial charge in [-0.3, -0.25) is 14.4 Å². The molecule has 9 nitrogen and oxygen atoms in total. The third-order valence-corrected chi connectivity index (χ3v) is 12.8. The number of hydrogen-bond acceptors (Lipinski definition) is 6. The van der Waals surface area contributed by atoms with Crippen LogP contribution in [0.2, 0.25) is 18.6 Å². The van der Waals surface area contributed by atoms with Gasteiger partial charge in [-0.25, -0.2) is 0 Å². The number of benzene rings is 2. The standard InChI is InChI=1S/C32H40BrFN4O5Si/c1-20-30(44(2,3)34)27(16-28(40)36-13-4-5-24(36)19-39)43-32(20)25-15-22(33)8-11-26(25)38(31(32)42)18-21-6-9-23(10-7-21)37-14-12-35-17-29(37)41/h6-11,15,20,24,27,30,35,39H,4-5,12-14,16-19H2,1-3H3/t20-,24+,27+,30-,32+/m1/s1. The van der Waals surface area contributed by atoms with Crippen molar-refractivity contribution in [3.8, 4) is 0 Å². The number of piperazine rings is 1. The summed E-state index contributed by atoms with van der Waals surface area (Å²) in [5.41, 5.74) is 1.06. The van der Waals surface area contributed by atoms with E-state index in [2.05, 4.69) is 21.2 Å². The molecule has 3 fully saturated rings. The maximum atomic E-state index is 16.2. The highest BCUT2D eigenvalue weighted by molar-refractivity contribution is 9.10. The Morgan fingerprint density at radius 2 is 1.93 bits per heavy atom. The number of hydrogen-bond donors (Lipinski definition) is 2. The van der Waals surface area contributed by atoms with Crippen LogP contribution in [0.3, 0.4) is 0 Å². The molecule has 4 heterocycles. The normalized spacial score (nSPS) is 28.8. The number of likely N-dealkylation sites (tertiary alicyclic amines) is 1. The van der Waals surface area contributed by atoms with Crippen LogP contribution in [0.15, 0.2) is 46.9 Å².